The molecule has 4 nitrogen and oxygen atoms in total. The molecule has 230 valence electrons. The highest BCUT2D eigenvalue weighted by molar-refractivity contribution is 6.14. The first-order valence-corrected chi connectivity index (χ1v) is 16.1. The van der Waals surface area contributed by atoms with Gasteiger partial charge < -0.3 is 0 Å². The van der Waals surface area contributed by atoms with Crippen LogP contribution in [0.1, 0.15) is 5.48 Å². The van der Waals surface area contributed by atoms with Gasteiger partial charge in [0.25, 0.3) is 0 Å². The van der Waals surface area contributed by atoms with Crippen molar-refractivity contribution in [2.45, 2.75) is 0 Å². The molecule has 2 heterocycles. The zero-order chi connectivity index (χ0) is 36.1. The molecular formula is C45H30N4. The maximum atomic E-state index is 9.26. The van der Waals surface area contributed by atoms with Crippen molar-refractivity contribution in [1.82, 2.24) is 19.5 Å². The molecule has 0 saturated heterocycles. The zero-order valence-corrected chi connectivity index (χ0v) is 26.3. The topological polar surface area (TPSA) is 43.6 Å². The van der Waals surface area contributed by atoms with Crippen molar-refractivity contribution in [2.75, 3.05) is 0 Å². The summed E-state index contributed by atoms with van der Waals surface area (Å²) in [6.07, 6.45) is 0. The molecule has 4 heteroatoms. The second-order valence-corrected chi connectivity index (χ2v) is 11.8. The van der Waals surface area contributed by atoms with Gasteiger partial charge in [-0.2, -0.15) is 9.97 Å². The minimum atomic E-state index is -0.327. The average molecular weight is 631 g/mol. The number of aromatic nitrogens is 4. The number of hydrogen-bond donors (Lipinski definition) is 0. The van der Waals surface area contributed by atoms with Gasteiger partial charge in [0.15, 0.2) is 11.6 Å². The molecule has 0 bridgehead atoms. The molecule has 7 aromatic carbocycles. The Morgan fingerprint density at radius 1 is 0.388 bits per heavy atom. The van der Waals surface area contributed by atoms with Crippen LogP contribution in [0.25, 0.3) is 83.9 Å². The molecule has 0 N–H and O–H groups in total. The molecule has 0 atom stereocenters. The van der Waals surface area contributed by atoms with Crippen molar-refractivity contribution in [3.05, 3.63) is 182 Å². The van der Waals surface area contributed by atoms with E-state index in [0.29, 0.717) is 33.5 Å². The van der Waals surface area contributed by atoms with Gasteiger partial charge in [-0.15, -0.1) is 0 Å². The maximum Gasteiger partial charge on any atom is 0.238 e. The Bertz CT molecular complexity index is 2800. The van der Waals surface area contributed by atoms with Crippen molar-refractivity contribution in [2.24, 2.45) is 0 Å². The van der Waals surface area contributed by atoms with Crippen LogP contribution >= 0.6 is 0 Å². The fourth-order valence-electron chi connectivity index (χ4n) is 6.52. The molecule has 9 aromatic rings. The minimum absolute atomic E-state index is 0.118. The van der Waals surface area contributed by atoms with Crippen LogP contribution in [0.2, 0.25) is 0 Å². The van der Waals surface area contributed by atoms with Gasteiger partial charge in [-0.1, -0.05) is 176 Å². The lowest BCUT2D eigenvalue weighted by Gasteiger charge is -2.15. The normalized spacial score (nSPS) is 12.4. The summed E-state index contributed by atoms with van der Waals surface area (Å²) in [5.74, 6) is 1.12. The number of benzene rings is 7. The monoisotopic (exact) mass is 630 g/mol. The Morgan fingerprint density at radius 2 is 0.898 bits per heavy atom. The van der Waals surface area contributed by atoms with Crippen LogP contribution in [-0.2, 0) is 0 Å². The predicted molar refractivity (Wildman–Crippen MR) is 201 cm³/mol. The SMILES string of the molecule is [2H]c1c([2H])c([2H])c2c(c1[2H])c1cccc(-c3ccccc3-c3ccccc3)c1n2-c1nc(-c2ccccc2)nc(-c2ccc(-c3ccccc3)cc2)n1. The van der Waals surface area contributed by atoms with Crippen molar-refractivity contribution < 1.29 is 5.48 Å². The summed E-state index contributed by atoms with van der Waals surface area (Å²) < 4.78 is 37.6. The summed E-state index contributed by atoms with van der Waals surface area (Å²) in [5.41, 5.74) is 8.54. The highest BCUT2D eigenvalue weighted by atomic mass is 15.2. The van der Waals surface area contributed by atoms with Gasteiger partial charge in [-0.3, -0.25) is 4.57 Å². The molecule has 2 aromatic heterocycles. The van der Waals surface area contributed by atoms with E-state index in [4.69, 9.17) is 19.1 Å². The first kappa shape index (κ1) is 24.5. The van der Waals surface area contributed by atoms with Crippen molar-refractivity contribution in [3.63, 3.8) is 0 Å². The Kier molecular flexibility index (Phi) is 6.09. The van der Waals surface area contributed by atoms with E-state index in [2.05, 4.69) is 36.4 Å². The van der Waals surface area contributed by atoms with Crippen molar-refractivity contribution >= 4 is 21.8 Å². The standard InChI is InChI=1S/C45H30N4/c1-4-15-31(16-5-1)32-27-29-35(30-28-32)44-46-43(34-19-8-3-9-20-34)47-45(48-44)49-41-26-13-12-23-38(41)40-25-14-24-39(42(40)49)37-22-11-10-21-36(37)33-17-6-2-7-18-33/h1-30H/i12D,13D,23D,26D. The van der Waals surface area contributed by atoms with Crippen LogP contribution in [0.4, 0.5) is 0 Å². The Hall–Kier alpha value is -6.65. The van der Waals surface area contributed by atoms with E-state index in [1.807, 2.05) is 121 Å². The summed E-state index contributed by atoms with van der Waals surface area (Å²) in [5, 5.41) is 1.07. The van der Waals surface area contributed by atoms with Crippen molar-refractivity contribution in [3.8, 4) is 62.1 Å². The molecule has 0 aliphatic heterocycles. The van der Waals surface area contributed by atoms with E-state index in [9.17, 15) is 1.37 Å². The number of rotatable bonds is 6. The zero-order valence-electron chi connectivity index (χ0n) is 30.3. The van der Waals surface area contributed by atoms with Gasteiger partial charge in [0.1, 0.15) is 0 Å². The van der Waals surface area contributed by atoms with E-state index in [-0.39, 0.29) is 30.1 Å². The number of nitrogens with zero attached hydrogens (tertiary/aromatic N) is 4. The fraction of sp³-hybridized carbons (Fsp3) is 0. The smallest absolute Gasteiger partial charge is 0.238 e. The van der Waals surface area contributed by atoms with Gasteiger partial charge in [0.05, 0.1) is 16.5 Å². The Morgan fingerprint density at radius 3 is 1.59 bits per heavy atom. The molecule has 0 fully saturated rings. The van der Waals surface area contributed by atoms with E-state index in [1.165, 1.54) is 0 Å². The third-order valence-corrected chi connectivity index (χ3v) is 8.83. The molecule has 0 amide bonds. The quantitative estimate of drug-likeness (QED) is 0.184. The lowest BCUT2D eigenvalue weighted by atomic mass is 9.93. The van der Waals surface area contributed by atoms with Crippen LogP contribution in [0.3, 0.4) is 0 Å². The lowest BCUT2D eigenvalue weighted by Crippen LogP contribution is -2.07. The van der Waals surface area contributed by atoms with Crippen LogP contribution in [0.5, 0.6) is 0 Å². The summed E-state index contributed by atoms with van der Waals surface area (Å²) >= 11 is 0. The highest BCUT2D eigenvalue weighted by Gasteiger charge is 2.21. The fourth-order valence-corrected chi connectivity index (χ4v) is 6.52. The van der Waals surface area contributed by atoms with Crippen LogP contribution in [-0.4, -0.2) is 19.5 Å². The van der Waals surface area contributed by atoms with Gasteiger partial charge in [-0.05, 0) is 33.9 Å². The summed E-state index contributed by atoms with van der Waals surface area (Å²) in [4.78, 5) is 15.1. The molecule has 0 unspecified atom stereocenters. The molecule has 0 aliphatic rings. The predicted octanol–water partition coefficient (Wildman–Crippen LogP) is 11.3. The van der Waals surface area contributed by atoms with Crippen LogP contribution in [0.15, 0.2) is 182 Å². The van der Waals surface area contributed by atoms with Gasteiger partial charge >= 0.3 is 0 Å². The lowest BCUT2D eigenvalue weighted by molar-refractivity contribution is 0.954. The largest absolute Gasteiger partial charge is 0.277 e. The second-order valence-electron chi connectivity index (χ2n) is 11.8. The number of para-hydroxylation sites is 2. The van der Waals surface area contributed by atoms with Gasteiger partial charge in [-0.25, -0.2) is 4.98 Å². The summed E-state index contributed by atoms with van der Waals surface area (Å²) in [6, 6.07) is 51.2. The van der Waals surface area contributed by atoms with E-state index >= 15 is 0 Å². The average Bonchev–Trinajstić information content (AvgIpc) is 3.59. The third kappa shape index (κ3) is 5.16. The molecule has 49 heavy (non-hydrogen) atoms. The molecule has 9 rings (SSSR count). The van der Waals surface area contributed by atoms with Gasteiger partial charge in [0.2, 0.25) is 5.95 Å². The van der Waals surface area contributed by atoms with E-state index in [0.717, 1.165) is 44.5 Å². The Labute approximate surface area is 290 Å². The molecule has 0 spiro atoms. The molecule has 0 aliphatic carbocycles. The van der Waals surface area contributed by atoms with Gasteiger partial charge in [0, 0.05) is 27.5 Å². The minimum Gasteiger partial charge on any atom is -0.277 e. The van der Waals surface area contributed by atoms with Crippen LogP contribution in [0, 0.1) is 0 Å². The number of hydrogen-bond acceptors (Lipinski definition) is 3. The summed E-state index contributed by atoms with van der Waals surface area (Å²) in [7, 11) is 0. The van der Waals surface area contributed by atoms with Crippen molar-refractivity contribution in [1.29, 1.82) is 0 Å². The van der Waals surface area contributed by atoms with E-state index in [1.54, 1.807) is 4.57 Å². The molecular weight excluding hydrogens is 597 g/mol. The Balaban J connectivity index is 1.38. The van der Waals surface area contributed by atoms with Crippen LogP contribution < -0.4 is 0 Å². The first-order valence-electron chi connectivity index (χ1n) is 18.1. The second kappa shape index (κ2) is 12.2. The maximum absolute atomic E-state index is 9.26. The van der Waals surface area contributed by atoms with E-state index < -0.39 is 0 Å². The number of fused-ring (bicyclic) bond motifs is 3. The molecule has 0 saturated carbocycles. The highest BCUT2D eigenvalue weighted by Crippen LogP contribution is 2.41. The molecule has 0 radical (unpaired) electrons. The third-order valence-electron chi connectivity index (χ3n) is 8.83. The first-order chi connectivity index (χ1) is 26.0. The summed E-state index contributed by atoms with van der Waals surface area (Å²) in [6.45, 7) is 0.